The summed E-state index contributed by atoms with van der Waals surface area (Å²) in [6.07, 6.45) is 14.9. The van der Waals surface area contributed by atoms with Crippen molar-refractivity contribution in [2.24, 2.45) is 0 Å². The fraction of sp³-hybridized carbons (Fsp3) is 0.417. The number of hydrogen-bond acceptors (Lipinski definition) is 4. The largest absolute Gasteiger partial charge is 0.379 e. The predicted molar refractivity (Wildman–Crippen MR) is 114 cm³/mol. The van der Waals surface area contributed by atoms with Crippen molar-refractivity contribution in [2.75, 3.05) is 52.5 Å². The van der Waals surface area contributed by atoms with Crippen molar-refractivity contribution in [2.45, 2.75) is 12.8 Å². The number of fused-ring (bicyclic) bond motifs is 3. The molecule has 0 aromatic carbocycles. The quantitative estimate of drug-likeness (QED) is 0.573. The Labute approximate surface area is 172 Å². The second-order valence-electron chi connectivity index (χ2n) is 7.88. The first kappa shape index (κ1) is 18.5. The topological polar surface area (TPSA) is 39.9 Å². The summed E-state index contributed by atoms with van der Waals surface area (Å²) in [6, 6.07) is 4.18. The first-order chi connectivity index (χ1) is 14.4. The fourth-order valence-corrected chi connectivity index (χ4v) is 4.51. The summed E-state index contributed by atoms with van der Waals surface area (Å²) < 4.78 is 11.5. The molecule has 0 amide bonds. The van der Waals surface area contributed by atoms with Crippen LogP contribution in [0.25, 0.3) is 5.57 Å². The van der Waals surface area contributed by atoms with Gasteiger partial charge in [0.25, 0.3) is 6.61 Å². The molecule has 0 atom stereocenters. The summed E-state index contributed by atoms with van der Waals surface area (Å²) in [4.78, 5) is 9.27. The zero-order chi connectivity index (χ0) is 19.5. The number of rotatable bonds is 5. The average Bonchev–Trinajstić information content (AvgIpc) is 3.26. The van der Waals surface area contributed by atoms with Crippen LogP contribution in [0.3, 0.4) is 0 Å². The molecule has 0 radical (unpaired) electrons. The van der Waals surface area contributed by atoms with Crippen LogP contribution < -0.4 is 0 Å². The van der Waals surface area contributed by atoms with Gasteiger partial charge in [-0.25, -0.2) is 0 Å². The van der Waals surface area contributed by atoms with Gasteiger partial charge in [0.1, 0.15) is 0 Å². The van der Waals surface area contributed by atoms with Crippen LogP contribution in [0, 0.1) is 0 Å². The van der Waals surface area contributed by atoms with Gasteiger partial charge in [0.2, 0.25) is 0 Å². The SMILES string of the molecule is C1=CC2=C(c3cccnc3)CN3CCC=C3C2=CC1=[O+]CCCN1CCOCC1. The molecule has 0 saturated carbocycles. The van der Waals surface area contributed by atoms with Gasteiger partial charge in [0, 0.05) is 68.9 Å². The lowest BCUT2D eigenvalue weighted by molar-refractivity contribution is -0.456. The number of carbonyl (C=O) groups excluding carboxylic acids is 1. The van der Waals surface area contributed by atoms with E-state index in [0.29, 0.717) is 0 Å². The van der Waals surface area contributed by atoms with E-state index in [1.807, 2.05) is 18.5 Å². The Hall–Kier alpha value is -2.50. The van der Waals surface area contributed by atoms with Crippen LogP contribution in [0.15, 0.2) is 65.7 Å². The highest BCUT2D eigenvalue weighted by Gasteiger charge is 2.32. The third-order valence-electron chi connectivity index (χ3n) is 6.02. The molecule has 1 fully saturated rings. The molecule has 1 aromatic rings. The van der Waals surface area contributed by atoms with Crippen LogP contribution in [0.5, 0.6) is 0 Å². The van der Waals surface area contributed by atoms with E-state index >= 15 is 0 Å². The molecule has 1 aliphatic carbocycles. The molecule has 5 nitrogen and oxygen atoms in total. The highest BCUT2D eigenvalue weighted by atomic mass is 16.5. The summed E-state index contributed by atoms with van der Waals surface area (Å²) in [7, 11) is 0. The Morgan fingerprint density at radius 1 is 1.14 bits per heavy atom. The standard InChI is InChI=1S/C24H28N3O2/c1-4-19(17-25-8-1)23-18-27-10-2-5-24(27)22-16-20(6-7-21(22)23)29-13-3-9-26-11-14-28-15-12-26/h1,4-8,16-17H,2-3,9-15,18H2/q+1. The van der Waals surface area contributed by atoms with Crippen molar-refractivity contribution in [1.82, 2.24) is 14.8 Å². The first-order valence-corrected chi connectivity index (χ1v) is 10.7. The average molecular weight is 391 g/mol. The number of pyridine rings is 1. The van der Waals surface area contributed by atoms with Gasteiger partial charge >= 0.3 is 5.78 Å². The van der Waals surface area contributed by atoms with Crippen molar-refractivity contribution in [3.8, 4) is 0 Å². The summed E-state index contributed by atoms with van der Waals surface area (Å²) in [6.45, 7) is 7.64. The van der Waals surface area contributed by atoms with Crippen LogP contribution >= 0.6 is 0 Å². The normalized spacial score (nSPS) is 23.2. The van der Waals surface area contributed by atoms with Gasteiger partial charge in [-0.05, 0) is 35.3 Å². The Balaban J connectivity index is 1.34. The molecular formula is C24H28N3O2+. The van der Waals surface area contributed by atoms with E-state index < -0.39 is 0 Å². The molecule has 5 rings (SSSR count). The van der Waals surface area contributed by atoms with Gasteiger partial charge in [-0.15, -0.1) is 0 Å². The Bertz CT molecular complexity index is 905. The van der Waals surface area contributed by atoms with E-state index in [1.165, 1.54) is 28.0 Å². The van der Waals surface area contributed by atoms with Gasteiger partial charge in [-0.3, -0.25) is 14.3 Å². The number of aromatic nitrogens is 1. The Morgan fingerprint density at radius 3 is 2.93 bits per heavy atom. The number of ketones is 1. The zero-order valence-corrected chi connectivity index (χ0v) is 16.8. The van der Waals surface area contributed by atoms with Crippen molar-refractivity contribution in [1.29, 1.82) is 0 Å². The van der Waals surface area contributed by atoms with Gasteiger partial charge in [-0.1, -0.05) is 12.1 Å². The van der Waals surface area contributed by atoms with Crippen molar-refractivity contribution in [3.05, 3.63) is 71.2 Å². The predicted octanol–water partition coefficient (Wildman–Crippen LogP) is 2.76. The van der Waals surface area contributed by atoms with Crippen molar-refractivity contribution in [3.63, 3.8) is 0 Å². The fourth-order valence-electron chi connectivity index (χ4n) is 4.51. The number of morpholine rings is 1. The molecule has 1 aromatic heterocycles. The minimum Gasteiger partial charge on any atom is -0.379 e. The summed E-state index contributed by atoms with van der Waals surface area (Å²) in [5, 5.41) is 0. The molecule has 4 aliphatic rings. The smallest absolute Gasteiger partial charge is 0.344 e. The first-order valence-electron chi connectivity index (χ1n) is 10.7. The third-order valence-corrected chi connectivity index (χ3v) is 6.02. The van der Waals surface area contributed by atoms with Crippen LogP contribution in [0.4, 0.5) is 0 Å². The summed E-state index contributed by atoms with van der Waals surface area (Å²) in [5.41, 5.74) is 6.51. The molecule has 0 bridgehead atoms. The number of allylic oxidation sites excluding steroid dienone is 4. The van der Waals surface area contributed by atoms with Crippen LogP contribution in [0.1, 0.15) is 18.4 Å². The maximum Gasteiger partial charge on any atom is 0.344 e. The lowest BCUT2D eigenvalue weighted by Crippen LogP contribution is -2.37. The molecular weight excluding hydrogens is 362 g/mol. The van der Waals surface area contributed by atoms with Crippen LogP contribution in [-0.2, 0) is 9.16 Å². The molecule has 0 unspecified atom stereocenters. The molecule has 1 saturated heterocycles. The maximum atomic E-state index is 6.13. The van der Waals surface area contributed by atoms with Crippen molar-refractivity contribution >= 4 is 11.4 Å². The zero-order valence-electron chi connectivity index (χ0n) is 16.8. The summed E-state index contributed by atoms with van der Waals surface area (Å²) in [5.74, 6) is 0.964. The van der Waals surface area contributed by atoms with E-state index in [1.54, 1.807) is 0 Å². The Morgan fingerprint density at radius 2 is 2.07 bits per heavy atom. The van der Waals surface area contributed by atoms with Crippen molar-refractivity contribution < 1.29 is 9.16 Å². The van der Waals surface area contributed by atoms with Gasteiger partial charge < -0.3 is 9.64 Å². The molecule has 150 valence electrons. The van der Waals surface area contributed by atoms with Gasteiger partial charge in [0.15, 0.2) is 0 Å². The maximum absolute atomic E-state index is 6.13. The lowest BCUT2D eigenvalue weighted by Gasteiger charge is -2.33. The molecule has 5 heteroatoms. The lowest BCUT2D eigenvalue weighted by atomic mass is 9.86. The molecule has 3 aliphatic heterocycles. The monoisotopic (exact) mass is 390 g/mol. The number of hydrogen-bond donors (Lipinski definition) is 0. The summed E-state index contributed by atoms with van der Waals surface area (Å²) >= 11 is 0. The van der Waals surface area contributed by atoms with E-state index in [0.717, 1.165) is 71.2 Å². The van der Waals surface area contributed by atoms with Crippen LogP contribution in [-0.4, -0.2) is 73.1 Å². The number of ether oxygens (including phenoxy) is 1. The second kappa shape index (κ2) is 8.47. The highest BCUT2D eigenvalue weighted by molar-refractivity contribution is 6.05. The molecule has 0 N–H and O–H groups in total. The minimum absolute atomic E-state index is 0.748. The molecule has 4 heterocycles. The molecule has 29 heavy (non-hydrogen) atoms. The van der Waals surface area contributed by atoms with Gasteiger partial charge in [0.05, 0.1) is 19.3 Å². The van der Waals surface area contributed by atoms with Crippen LogP contribution in [0.2, 0.25) is 0 Å². The third kappa shape index (κ3) is 3.98. The Kier molecular flexibility index (Phi) is 5.41. The van der Waals surface area contributed by atoms with E-state index in [-0.39, 0.29) is 0 Å². The highest BCUT2D eigenvalue weighted by Crippen LogP contribution is 2.40. The van der Waals surface area contributed by atoms with E-state index in [2.05, 4.69) is 45.2 Å². The van der Waals surface area contributed by atoms with E-state index in [4.69, 9.17) is 9.16 Å². The van der Waals surface area contributed by atoms with Gasteiger partial charge in [-0.2, -0.15) is 0 Å². The minimum atomic E-state index is 0.748. The van der Waals surface area contributed by atoms with E-state index in [9.17, 15) is 0 Å². The number of nitrogens with zero attached hydrogens (tertiary/aromatic N) is 3. The molecule has 0 spiro atoms. The second-order valence-corrected chi connectivity index (χ2v) is 7.88.